The second kappa shape index (κ2) is 44.8. The Morgan fingerprint density at radius 2 is 0.160 bits per heavy atom. The number of hydrogen-bond acceptors (Lipinski definition) is 10. The number of ether oxygens (including phenoxy) is 10. The van der Waals surface area contributed by atoms with E-state index in [0.29, 0.717) is 0 Å². The van der Waals surface area contributed by atoms with Gasteiger partial charge < -0.3 is 47.4 Å². The van der Waals surface area contributed by atoms with Gasteiger partial charge in [-0.25, -0.2) is 0 Å². The summed E-state index contributed by atoms with van der Waals surface area (Å²) in [6, 6.07) is 0. The van der Waals surface area contributed by atoms with Crippen LogP contribution in [0.2, 0.25) is 0 Å². The molecule has 0 aromatic carbocycles. The van der Waals surface area contributed by atoms with Gasteiger partial charge >= 0.3 is 0 Å². The smallest absolute Gasteiger partial charge is 0.0466 e. The molecule has 0 aliphatic carbocycles. The molecule has 1 rings (SSSR count). The third kappa shape index (κ3) is 42.0. The molecule has 10 heteroatoms. The summed E-state index contributed by atoms with van der Waals surface area (Å²) >= 11 is 0. The van der Waals surface area contributed by atoms with Gasteiger partial charge in [0.2, 0.25) is 0 Å². The lowest BCUT2D eigenvalue weighted by Gasteiger charge is -2.08. The topological polar surface area (TPSA) is 92.3 Å². The van der Waals surface area contributed by atoms with Crippen molar-refractivity contribution < 1.29 is 47.4 Å². The Bertz CT molecular complexity index is 318. The highest BCUT2D eigenvalue weighted by atomic mass is 16.5. The first-order chi connectivity index (χ1) is 25.0. The molecule has 1 aliphatic rings. The van der Waals surface area contributed by atoms with E-state index in [2.05, 4.69) is 0 Å². The lowest BCUT2D eigenvalue weighted by Crippen LogP contribution is -2.05. The monoisotopic (exact) mass is 721 g/mol. The molecule has 300 valence electrons. The third-order valence-corrected chi connectivity index (χ3v) is 8.27. The van der Waals surface area contributed by atoms with Crippen LogP contribution in [0.3, 0.4) is 0 Å². The maximum absolute atomic E-state index is 5.75. The molecule has 0 spiro atoms. The maximum Gasteiger partial charge on any atom is 0.0466 e. The molecule has 0 bridgehead atoms. The van der Waals surface area contributed by atoms with E-state index in [0.717, 1.165) is 261 Å². The van der Waals surface area contributed by atoms with Crippen LogP contribution >= 0.6 is 0 Å². The molecule has 0 unspecified atom stereocenters. The van der Waals surface area contributed by atoms with Crippen LogP contribution in [0.15, 0.2) is 0 Å². The first-order valence-electron chi connectivity index (χ1n) is 20.8. The van der Waals surface area contributed by atoms with Crippen LogP contribution in [0.4, 0.5) is 0 Å². The lowest BCUT2D eigenvalue weighted by molar-refractivity contribution is 0.0750. The summed E-state index contributed by atoms with van der Waals surface area (Å²) in [5, 5.41) is 0. The van der Waals surface area contributed by atoms with E-state index in [1.165, 1.54) is 0 Å². The summed E-state index contributed by atoms with van der Waals surface area (Å²) in [5.74, 6) is 0. The quantitative estimate of drug-likeness (QED) is 0.245. The molecular formula is C40H80O10. The Kier molecular flexibility index (Phi) is 42.6. The van der Waals surface area contributed by atoms with Crippen molar-refractivity contribution in [2.75, 3.05) is 132 Å². The Hall–Kier alpha value is -0.400. The number of hydrogen-bond donors (Lipinski definition) is 0. The SMILES string of the molecule is C1CCOCCCCOCCCCOCCCCOCCCCOCCCCOCCCCOCCCCOCCCCOCCCCOC1. The first kappa shape index (κ1) is 47.6. The Balaban J connectivity index is 2.00. The molecule has 0 aromatic rings. The van der Waals surface area contributed by atoms with E-state index in [4.69, 9.17) is 47.4 Å². The van der Waals surface area contributed by atoms with Crippen molar-refractivity contribution in [1.82, 2.24) is 0 Å². The molecule has 0 saturated carbocycles. The van der Waals surface area contributed by atoms with Crippen molar-refractivity contribution in [3.63, 3.8) is 0 Å². The van der Waals surface area contributed by atoms with Crippen LogP contribution in [0.1, 0.15) is 128 Å². The van der Waals surface area contributed by atoms with Gasteiger partial charge in [0.15, 0.2) is 0 Å². The summed E-state index contributed by atoms with van der Waals surface area (Å²) in [6.07, 6.45) is 21.1. The van der Waals surface area contributed by atoms with Gasteiger partial charge in [-0.2, -0.15) is 0 Å². The second-order valence-electron chi connectivity index (χ2n) is 13.2. The molecule has 0 radical (unpaired) electrons. The molecule has 0 amide bonds. The summed E-state index contributed by atoms with van der Waals surface area (Å²) in [7, 11) is 0. The van der Waals surface area contributed by atoms with E-state index in [-0.39, 0.29) is 0 Å². The van der Waals surface area contributed by atoms with Crippen molar-refractivity contribution >= 4 is 0 Å². The van der Waals surface area contributed by atoms with Crippen molar-refractivity contribution in [2.45, 2.75) is 128 Å². The highest BCUT2D eigenvalue weighted by Crippen LogP contribution is 2.02. The third-order valence-electron chi connectivity index (χ3n) is 8.27. The predicted molar refractivity (Wildman–Crippen MR) is 201 cm³/mol. The molecule has 0 N–H and O–H groups in total. The molecular weight excluding hydrogens is 640 g/mol. The van der Waals surface area contributed by atoms with Gasteiger partial charge in [-0.3, -0.25) is 0 Å². The zero-order valence-electron chi connectivity index (χ0n) is 32.4. The van der Waals surface area contributed by atoms with Gasteiger partial charge in [-0.1, -0.05) is 0 Å². The van der Waals surface area contributed by atoms with Gasteiger partial charge in [-0.05, 0) is 128 Å². The second-order valence-corrected chi connectivity index (χ2v) is 13.2. The van der Waals surface area contributed by atoms with E-state index < -0.39 is 0 Å². The standard InChI is InChI=1S/C40H80O10/c1-2-22-42-24-5-6-26-44-28-9-10-30-46-32-13-14-34-48-36-17-18-38-50-40-20-19-39-49-37-16-15-35-47-33-12-11-31-45-29-8-7-27-43-25-4-3-23-41-21-1/h1-40H2. The minimum Gasteiger partial charge on any atom is -0.381 e. The predicted octanol–water partition coefficient (Wildman–Crippen LogP) is 7.97. The summed E-state index contributed by atoms with van der Waals surface area (Å²) < 4.78 is 57.5. The molecule has 0 aromatic heterocycles. The molecule has 1 aliphatic heterocycles. The van der Waals surface area contributed by atoms with Gasteiger partial charge in [0.1, 0.15) is 0 Å². The van der Waals surface area contributed by atoms with Crippen molar-refractivity contribution in [1.29, 1.82) is 0 Å². The molecule has 10 nitrogen and oxygen atoms in total. The number of rotatable bonds is 0. The molecule has 50 heavy (non-hydrogen) atoms. The van der Waals surface area contributed by atoms with Crippen molar-refractivity contribution in [3.8, 4) is 0 Å². The summed E-state index contributed by atoms with van der Waals surface area (Å²) in [6.45, 7) is 16.3. The summed E-state index contributed by atoms with van der Waals surface area (Å²) in [5.41, 5.74) is 0. The van der Waals surface area contributed by atoms with E-state index >= 15 is 0 Å². The van der Waals surface area contributed by atoms with Gasteiger partial charge in [0, 0.05) is 132 Å². The Labute approximate surface area is 307 Å². The van der Waals surface area contributed by atoms with Gasteiger partial charge in [0.05, 0.1) is 0 Å². The zero-order chi connectivity index (χ0) is 35.4. The molecule has 1 heterocycles. The van der Waals surface area contributed by atoms with Crippen LogP contribution in [-0.4, -0.2) is 132 Å². The Morgan fingerprint density at radius 1 is 0.100 bits per heavy atom. The van der Waals surface area contributed by atoms with Crippen LogP contribution in [0, 0.1) is 0 Å². The van der Waals surface area contributed by atoms with Crippen LogP contribution in [-0.2, 0) is 47.4 Å². The first-order valence-corrected chi connectivity index (χ1v) is 20.8. The molecule has 0 atom stereocenters. The lowest BCUT2D eigenvalue weighted by atomic mass is 10.3. The fourth-order valence-electron chi connectivity index (χ4n) is 5.10. The van der Waals surface area contributed by atoms with Crippen molar-refractivity contribution in [2.24, 2.45) is 0 Å². The van der Waals surface area contributed by atoms with E-state index in [1.54, 1.807) is 0 Å². The van der Waals surface area contributed by atoms with Gasteiger partial charge in [-0.15, -0.1) is 0 Å². The largest absolute Gasteiger partial charge is 0.381 e. The zero-order valence-corrected chi connectivity index (χ0v) is 32.4. The van der Waals surface area contributed by atoms with Crippen LogP contribution in [0.5, 0.6) is 0 Å². The van der Waals surface area contributed by atoms with Crippen LogP contribution in [0.25, 0.3) is 0 Å². The minimum absolute atomic E-state index is 0.817. The summed E-state index contributed by atoms with van der Waals surface area (Å²) in [4.78, 5) is 0. The maximum atomic E-state index is 5.75. The average Bonchev–Trinajstić information content (AvgIpc) is 3.13. The van der Waals surface area contributed by atoms with Crippen LogP contribution < -0.4 is 0 Å². The van der Waals surface area contributed by atoms with Crippen molar-refractivity contribution in [3.05, 3.63) is 0 Å². The Morgan fingerprint density at radius 3 is 0.220 bits per heavy atom. The highest BCUT2D eigenvalue weighted by molar-refractivity contribution is 4.48. The fraction of sp³-hybridized carbons (Fsp3) is 1.00. The molecule has 1 fully saturated rings. The van der Waals surface area contributed by atoms with E-state index in [1.807, 2.05) is 0 Å². The molecule has 1 saturated heterocycles. The minimum atomic E-state index is 0.817. The normalized spacial score (nSPS) is 24.0. The average molecular weight is 721 g/mol. The fourth-order valence-corrected chi connectivity index (χ4v) is 5.10. The van der Waals surface area contributed by atoms with Gasteiger partial charge in [0.25, 0.3) is 0 Å². The highest BCUT2D eigenvalue weighted by Gasteiger charge is 1.99. The van der Waals surface area contributed by atoms with E-state index in [9.17, 15) is 0 Å².